The molecule has 0 saturated carbocycles. The molecule has 5 rings (SSSR count). The molecule has 2 aromatic heterocycles. The van der Waals surface area contributed by atoms with Crippen molar-refractivity contribution in [3.8, 4) is 28.1 Å². The van der Waals surface area contributed by atoms with Crippen LogP contribution in [0.2, 0.25) is 0 Å². The second-order valence-corrected chi connectivity index (χ2v) is 9.70. The minimum Gasteiger partial charge on any atom is -0.507 e. The van der Waals surface area contributed by atoms with Crippen molar-refractivity contribution in [2.45, 2.75) is 50.6 Å². The number of hydrogen-bond donors (Lipinski definition) is 3. The van der Waals surface area contributed by atoms with Gasteiger partial charge in [0.15, 0.2) is 0 Å². The third-order valence-electron chi connectivity index (χ3n) is 6.73. The minimum atomic E-state index is 0.143. The number of piperidine rings is 1. The van der Waals surface area contributed by atoms with Crippen LogP contribution in [-0.2, 0) is 7.05 Å². The number of nitrogens with zero attached hydrogens (tertiary/aromatic N) is 5. The normalized spacial score (nSPS) is 27.4. The standard InChI is InChI=1S/C23H29N7O/c1-22-6-7-23(2,29-22)10-15(9-22)11-24-21-25-13-19(27-28-21)18-5-4-16(8-20(18)31)17-12-26-30(3)14-17/h4-5,8,12-15,29,31H,6-7,9-11H2,1-3H3,(H,24,25,28). The molecule has 4 heterocycles. The van der Waals surface area contributed by atoms with Crippen molar-refractivity contribution in [2.75, 3.05) is 11.9 Å². The summed E-state index contributed by atoms with van der Waals surface area (Å²) in [6.07, 6.45) is 10.2. The van der Waals surface area contributed by atoms with Gasteiger partial charge in [-0.1, -0.05) is 6.07 Å². The molecule has 2 aliphatic heterocycles. The lowest BCUT2D eigenvalue weighted by atomic mass is 9.80. The summed E-state index contributed by atoms with van der Waals surface area (Å²) >= 11 is 0. The number of nitrogens with one attached hydrogen (secondary N) is 2. The number of hydrogen-bond acceptors (Lipinski definition) is 7. The molecule has 0 aliphatic carbocycles. The molecule has 8 nitrogen and oxygen atoms in total. The average Bonchev–Trinajstić information content (AvgIpc) is 3.26. The van der Waals surface area contributed by atoms with Crippen LogP contribution in [-0.4, -0.2) is 47.7 Å². The van der Waals surface area contributed by atoms with E-state index in [0.29, 0.717) is 23.1 Å². The van der Waals surface area contributed by atoms with E-state index in [1.807, 2.05) is 25.4 Å². The van der Waals surface area contributed by atoms with Gasteiger partial charge in [-0.15, -0.1) is 10.2 Å². The maximum atomic E-state index is 10.5. The number of phenols is 1. The SMILES string of the molecule is Cn1cc(-c2ccc(-c3cnc(NCC4CC5(C)CCC(C)(C4)N5)nn3)c(O)c2)cn1. The molecular weight excluding hydrogens is 390 g/mol. The second kappa shape index (κ2) is 7.30. The Labute approximate surface area is 182 Å². The number of anilines is 1. The summed E-state index contributed by atoms with van der Waals surface area (Å²) in [6, 6.07) is 5.49. The van der Waals surface area contributed by atoms with Crippen molar-refractivity contribution in [3.63, 3.8) is 0 Å². The Balaban J connectivity index is 1.25. The van der Waals surface area contributed by atoms with Crippen molar-refractivity contribution in [3.05, 3.63) is 36.8 Å². The van der Waals surface area contributed by atoms with E-state index in [9.17, 15) is 5.11 Å². The molecule has 0 spiro atoms. The molecular formula is C23H29N7O. The van der Waals surface area contributed by atoms with Crippen molar-refractivity contribution in [1.82, 2.24) is 30.3 Å². The maximum Gasteiger partial charge on any atom is 0.242 e. The first-order valence-electron chi connectivity index (χ1n) is 10.9. The highest BCUT2D eigenvalue weighted by Gasteiger charge is 2.48. The van der Waals surface area contributed by atoms with Crippen molar-refractivity contribution < 1.29 is 5.11 Å². The predicted octanol–water partition coefficient (Wildman–Crippen LogP) is 3.37. The van der Waals surface area contributed by atoms with Crippen molar-refractivity contribution in [1.29, 1.82) is 0 Å². The number of phenolic OH excluding ortho intramolecular Hbond substituents is 1. The fourth-order valence-electron chi connectivity index (χ4n) is 5.42. The van der Waals surface area contributed by atoms with E-state index in [1.54, 1.807) is 23.1 Å². The topological polar surface area (TPSA) is 101 Å². The maximum absolute atomic E-state index is 10.5. The molecule has 1 aromatic carbocycles. The summed E-state index contributed by atoms with van der Waals surface area (Å²) in [4.78, 5) is 4.43. The zero-order valence-electron chi connectivity index (χ0n) is 18.3. The lowest BCUT2D eigenvalue weighted by Gasteiger charge is -2.42. The molecule has 31 heavy (non-hydrogen) atoms. The number of aryl methyl sites for hydroxylation is 1. The summed E-state index contributed by atoms with van der Waals surface area (Å²) in [6.45, 7) is 5.52. The largest absolute Gasteiger partial charge is 0.507 e. The second-order valence-electron chi connectivity index (χ2n) is 9.70. The zero-order valence-corrected chi connectivity index (χ0v) is 18.3. The van der Waals surface area contributed by atoms with E-state index < -0.39 is 0 Å². The average molecular weight is 420 g/mol. The molecule has 3 aromatic rings. The lowest BCUT2D eigenvalue weighted by molar-refractivity contribution is 0.178. The number of aromatic hydroxyl groups is 1. The highest BCUT2D eigenvalue weighted by atomic mass is 16.3. The molecule has 2 bridgehead atoms. The quantitative estimate of drug-likeness (QED) is 0.583. The van der Waals surface area contributed by atoms with Crippen molar-refractivity contribution >= 4 is 5.95 Å². The van der Waals surface area contributed by atoms with Gasteiger partial charge in [0.1, 0.15) is 11.4 Å². The molecule has 0 amide bonds. The first-order valence-corrected chi connectivity index (χ1v) is 10.9. The molecule has 3 N–H and O–H groups in total. The monoisotopic (exact) mass is 419 g/mol. The third-order valence-corrected chi connectivity index (χ3v) is 6.73. The fraction of sp³-hybridized carbons (Fsp3) is 0.478. The highest BCUT2D eigenvalue weighted by molar-refractivity contribution is 5.73. The van der Waals surface area contributed by atoms with Crippen LogP contribution >= 0.6 is 0 Å². The molecule has 8 heteroatoms. The van der Waals surface area contributed by atoms with Crippen LogP contribution in [0.1, 0.15) is 39.5 Å². The van der Waals surface area contributed by atoms with Crippen LogP contribution in [0.25, 0.3) is 22.4 Å². The molecule has 162 valence electrons. The summed E-state index contributed by atoms with van der Waals surface area (Å²) in [5.41, 5.74) is 3.49. The van der Waals surface area contributed by atoms with Gasteiger partial charge in [0.25, 0.3) is 0 Å². The molecule has 0 radical (unpaired) electrons. The highest BCUT2D eigenvalue weighted by Crippen LogP contribution is 2.44. The number of fused-ring (bicyclic) bond motifs is 2. The van der Waals surface area contributed by atoms with Crippen molar-refractivity contribution in [2.24, 2.45) is 13.0 Å². The third kappa shape index (κ3) is 3.99. The van der Waals surface area contributed by atoms with Crippen LogP contribution in [0.15, 0.2) is 36.8 Å². The minimum absolute atomic E-state index is 0.143. The van der Waals surface area contributed by atoms with Gasteiger partial charge in [-0.25, -0.2) is 4.98 Å². The van der Waals surface area contributed by atoms with E-state index in [1.165, 1.54) is 12.8 Å². The predicted molar refractivity (Wildman–Crippen MR) is 120 cm³/mol. The van der Waals surface area contributed by atoms with E-state index >= 15 is 0 Å². The molecule has 2 unspecified atom stereocenters. The molecule has 2 fully saturated rings. The first-order chi connectivity index (χ1) is 14.8. The van der Waals surface area contributed by atoms with E-state index in [4.69, 9.17) is 0 Å². The molecule has 2 aliphatic rings. The lowest BCUT2D eigenvalue weighted by Crippen LogP contribution is -2.54. The van der Waals surface area contributed by atoms with Crippen LogP contribution in [0.3, 0.4) is 0 Å². The van der Waals surface area contributed by atoms with Gasteiger partial charge < -0.3 is 15.7 Å². The van der Waals surface area contributed by atoms with Gasteiger partial charge in [0, 0.05) is 42.0 Å². The number of aromatic nitrogens is 5. The summed E-state index contributed by atoms with van der Waals surface area (Å²) in [5, 5.41) is 30.4. The molecule has 2 saturated heterocycles. The van der Waals surface area contributed by atoms with Gasteiger partial charge in [-0.3, -0.25) is 4.68 Å². The van der Waals surface area contributed by atoms with Gasteiger partial charge in [-0.05, 0) is 63.1 Å². The van der Waals surface area contributed by atoms with Crippen LogP contribution in [0, 0.1) is 5.92 Å². The smallest absolute Gasteiger partial charge is 0.242 e. The number of benzene rings is 1. The van der Waals surface area contributed by atoms with Crippen LogP contribution < -0.4 is 10.6 Å². The van der Waals surface area contributed by atoms with Gasteiger partial charge in [0.2, 0.25) is 5.95 Å². The molecule has 2 atom stereocenters. The van der Waals surface area contributed by atoms with Crippen LogP contribution in [0.5, 0.6) is 5.75 Å². The summed E-state index contributed by atoms with van der Waals surface area (Å²) in [5.74, 6) is 1.26. The van der Waals surface area contributed by atoms with Gasteiger partial charge >= 0.3 is 0 Å². The number of rotatable bonds is 5. The Morgan fingerprint density at radius 1 is 1.13 bits per heavy atom. The Hall–Kier alpha value is -3.00. The fourth-order valence-corrected chi connectivity index (χ4v) is 5.42. The van der Waals surface area contributed by atoms with Gasteiger partial charge in [-0.2, -0.15) is 5.10 Å². The Kier molecular flexibility index (Phi) is 4.69. The Bertz CT molecular complexity index is 1080. The van der Waals surface area contributed by atoms with Gasteiger partial charge in [0.05, 0.1) is 12.4 Å². The zero-order chi connectivity index (χ0) is 21.6. The Morgan fingerprint density at radius 2 is 1.90 bits per heavy atom. The first kappa shape index (κ1) is 19.9. The Morgan fingerprint density at radius 3 is 2.52 bits per heavy atom. The van der Waals surface area contributed by atoms with Crippen LogP contribution in [0.4, 0.5) is 5.95 Å². The van der Waals surface area contributed by atoms with E-state index in [0.717, 1.165) is 30.5 Å². The summed E-state index contributed by atoms with van der Waals surface area (Å²) < 4.78 is 1.73. The summed E-state index contributed by atoms with van der Waals surface area (Å²) in [7, 11) is 1.87. The van der Waals surface area contributed by atoms with E-state index in [2.05, 4.69) is 44.8 Å². The van der Waals surface area contributed by atoms with E-state index in [-0.39, 0.29) is 16.8 Å².